The van der Waals surface area contributed by atoms with E-state index < -0.39 is 17.4 Å². The van der Waals surface area contributed by atoms with Gasteiger partial charge in [-0.15, -0.1) is 0 Å². The third-order valence-corrected chi connectivity index (χ3v) is 1.86. The van der Waals surface area contributed by atoms with Crippen molar-refractivity contribution in [2.45, 2.75) is 6.92 Å². The Balaban J connectivity index is 3.14. The number of halogens is 1. The van der Waals surface area contributed by atoms with Crippen molar-refractivity contribution < 1.29 is 14.3 Å². The van der Waals surface area contributed by atoms with Crippen LogP contribution in [0, 0.1) is 24.1 Å². The molecule has 1 N–H and O–H groups in total. The maximum absolute atomic E-state index is 13.1. The van der Waals surface area contributed by atoms with Gasteiger partial charge >= 0.3 is 5.97 Å². The fraction of sp³-hybridized carbons (Fsp3) is 0.0909. The van der Waals surface area contributed by atoms with Gasteiger partial charge in [-0.05, 0) is 30.2 Å². The van der Waals surface area contributed by atoms with E-state index in [1.54, 1.807) is 13.0 Å². The van der Waals surface area contributed by atoms with Crippen LogP contribution in [0.5, 0.6) is 0 Å². The maximum Gasteiger partial charge on any atom is 0.346 e. The third-order valence-electron chi connectivity index (χ3n) is 1.86. The minimum atomic E-state index is -1.32. The lowest BCUT2D eigenvalue weighted by Gasteiger charge is -1.98. The molecule has 0 saturated heterocycles. The highest BCUT2D eigenvalue weighted by Crippen LogP contribution is 2.12. The molecule has 1 rings (SSSR count). The lowest BCUT2D eigenvalue weighted by atomic mass is 10.1. The van der Waals surface area contributed by atoms with Gasteiger partial charge in [-0.1, -0.05) is 12.1 Å². The van der Waals surface area contributed by atoms with E-state index in [0.717, 1.165) is 6.08 Å². The predicted octanol–water partition coefficient (Wildman–Crippen LogP) is 2.13. The van der Waals surface area contributed by atoms with Crippen molar-refractivity contribution in [3.63, 3.8) is 0 Å². The van der Waals surface area contributed by atoms with E-state index in [4.69, 9.17) is 10.4 Å². The van der Waals surface area contributed by atoms with Gasteiger partial charge in [-0.2, -0.15) is 5.26 Å². The van der Waals surface area contributed by atoms with Gasteiger partial charge in [0, 0.05) is 0 Å². The molecule has 0 aliphatic rings. The minimum Gasteiger partial charge on any atom is -0.477 e. The summed E-state index contributed by atoms with van der Waals surface area (Å²) in [4.78, 5) is 10.5. The number of aryl methyl sites for hydroxylation is 1. The second-order valence-corrected chi connectivity index (χ2v) is 2.98. The molecule has 76 valence electrons. The van der Waals surface area contributed by atoms with Gasteiger partial charge < -0.3 is 5.11 Å². The van der Waals surface area contributed by atoms with Crippen molar-refractivity contribution in [1.29, 1.82) is 5.26 Å². The normalized spacial score (nSPS) is 10.9. The monoisotopic (exact) mass is 205 g/mol. The van der Waals surface area contributed by atoms with Crippen LogP contribution in [0.2, 0.25) is 0 Å². The summed E-state index contributed by atoms with van der Waals surface area (Å²) in [7, 11) is 0. The molecule has 3 nitrogen and oxygen atoms in total. The molecular formula is C11H8FNO2. The van der Waals surface area contributed by atoms with E-state index in [0.29, 0.717) is 11.1 Å². The Morgan fingerprint density at radius 3 is 2.73 bits per heavy atom. The predicted molar refractivity (Wildman–Crippen MR) is 52.4 cm³/mol. The highest BCUT2D eigenvalue weighted by atomic mass is 19.1. The molecule has 0 heterocycles. The van der Waals surface area contributed by atoms with Gasteiger partial charge in [0.1, 0.15) is 17.5 Å². The molecule has 1 aromatic rings. The van der Waals surface area contributed by atoms with Crippen molar-refractivity contribution >= 4 is 12.0 Å². The highest BCUT2D eigenvalue weighted by molar-refractivity contribution is 5.96. The van der Waals surface area contributed by atoms with Crippen LogP contribution in [-0.4, -0.2) is 11.1 Å². The topological polar surface area (TPSA) is 61.1 Å². The zero-order valence-electron chi connectivity index (χ0n) is 7.99. The second-order valence-electron chi connectivity index (χ2n) is 2.98. The van der Waals surface area contributed by atoms with Gasteiger partial charge in [-0.3, -0.25) is 0 Å². The van der Waals surface area contributed by atoms with Gasteiger partial charge in [0.25, 0.3) is 0 Å². The largest absolute Gasteiger partial charge is 0.477 e. The Labute approximate surface area is 86.1 Å². The highest BCUT2D eigenvalue weighted by Gasteiger charge is 2.06. The molecular weight excluding hydrogens is 197 g/mol. The Kier molecular flexibility index (Phi) is 3.19. The number of carboxylic acids is 1. The molecule has 0 amide bonds. The number of aliphatic carboxylic acids is 1. The van der Waals surface area contributed by atoms with Crippen LogP contribution in [0.3, 0.4) is 0 Å². The average molecular weight is 205 g/mol. The molecule has 0 bridgehead atoms. The van der Waals surface area contributed by atoms with Crippen LogP contribution >= 0.6 is 0 Å². The first-order valence-corrected chi connectivity index (χ1v) is 4.16. The molecule has 15 heavy (non-hydrogen) atoms. The van der Waals surface area contributed by atoms with E-state index >= 15 is 0 Å². The standard InChI is InChI=1S/C11H8FNO2/c1-7-2-3-8(5-10(7)12)4-9(6-13)11(14)15/h2-5H,1H3,(H,14,15)/b9-4-. The zero-order chi connectivity index (χ0) is 11.4. The van der Waals surface area contributed by atoms with E-state index in [9.17, 15) is 9.18 Å². The molecule has 0 spiro atoms. The first kappa shape index (κ1) is 10.9. The summed E-state index contributed by atoms with van der Waals surface area (Å²) in [6, 6.07) is 5.79. The molecule has 0 fully saturated rings. The molecule has 1 aromatic carbocycles. The van der Waals surface area contributed by atoms with Crippen molar-refractivity contribution in [3.8, 4) is 6.07 Å². The molecule has 0 aliphatic carbocycles. The summed E-state index contributed by atoms with van der Waals surface area (Å²) in [5, 5.41) is 17.1. The molecule has 0 aromatic heterocycles. The van der Waals surface area contributed by atoms with Crippen LogP contribution in [0.4, 0.5) is 4.39 Å². The van der Waals surface area contributed by atoms with Crippen molar-refractivity contribution in [3.05, 3.63) is 40.7 Å². The van der Waals surface area contributed by atoms with E-state index in [-0.39, 0.29) is 0 Å². The molecule has 0 atom stereocenters. The van der Waals surface area contributed by atoms with Crippen molar-refractivity contribution in [1.82, 2.24) is 0 Å². The Morgan fingerprint density at radius 2 is 2.27 bits per heavy atom. The fourth-order valence-corrected chi connectivity index (χ4v) is 1.01. The van der Waals surface area contributed by atoms with Crippen molar-refractivity contribution in [2.75, 3.05) is 0 Å². The molecule has 0 saturated carbocycles. The summed E-state index contributed by atoms with van der Waals surface area (Å²) in [5.74, 6) is -1.75. The van der Waals surface area contributed by atoms with Gasteiger partial charge in [0.05, 0.1) is 0 Å². The number of hydrogen-bond acceptors (Lipinski definition) is 2. The zero-order valence-corrected chi connectivity index (χ0v) is 7.99. The minimum absolute atomic E-state index is 0.358. The number of rotatable bonds is 2. The van der Waals surface area contributed by atoms with E-state index in [2.05, 4.69) is 0 Å². The molecule has 4 heteroatoms. The lowest BCUT2D eigenvalue weighted by Crippen LogP contribution is -1.97. The molecule has 0 unspecified atom stereocenters. The van der Waals surface area contributed by atoms with E-state index in [1.165, 1.54) is 18.2 Å². The lowest BCUT2D eigenvalue weighted by molar-refractivity contribution is -0.132. The van der Waals surface area contributed by atoms with Crippen LogP contribution < -0.4 is 0 Å². The quantitative estimate of drug-likeness (QED) is 0.594. The third kappa shape index (κ3) is 2.64. The summed E-state index contributed by atoms with van der Waals surface area (Å²) in [6.07, 6.45) is 1.13. The van der Waals surface area contributed by atoms with Gasteiger partial charge in [0.2, 0.25) is 0 Å². The number of hydrogen-bond donors (Lipinski definition) is 1. The second kappa shape index (κ2) is 4.38. The summed E-state index contributed by atoms with van der Waals surface area (Å²) >= 11 is 0. The van der Waals surface area contributed by atoms with E-state index in [1.807, 2.05) is 0 Å². The smallest absolute Gasteiger partial charge is 0.346 e. The Bertz CT molecular complexity index is 472. The van der Waals surface area contributed by atoms with Crippen LogP contribution in [0.25, 0.3) is 6.08 Å². The summed E-state index contributed by atoms with van der Waals surface area (Å²) < 4.78 is 13.1. The summed E-state index contributed by atoms with van der Waals surface area (Å²) in [6.45, 7) is 1.60. The first-order chi connectivity index (χ1) is 7.04. The number of nitrogens with zero attached hydrogens (tertiary/aromatic N) is 1. The van der Waals surface area contributed by atoms with Crippen LogP contribution in [0.15, 0.2) is 23.8 Å². The average Bonchev–Trinajstić information content (AvgIpc) is 2.19. The van der Waals surface area contributed by atoms with Gasteiger partial charge in [0.15, 0.2) is 0 Å². The van der Waals surface area contributed by atoms with Gasteiger partial charge in [-0.25, -0.2) is 9.18 Å². The SMILES string of the molecule is Cc1ccc(/C=C(/C#N)C(=O)O)cc1F. The Hall–Kier alpha value is -2.15. The summed E-state index contributed by atoms with van der Waals surface area (Å²) in [5.41, 5.74) is 0.413. The Morgan fingerprint density at radius 1 is 1.60 bits per heavy atom. The molecule has 0 radical (unpaired) electrons. The first-order valence-electron chi connectivity index (χ1n) is 4.16. The number of benzene rings is 1. The van der Waals surface area contributed by atoms with Crippen molar-refractivity contribution in [2.24, 2.45) is 0 Å². The number of carboxylic acid groups (broad SMARTS) is 1. The fourth-order valence-electron chi connectivity index (χ4n) is 1.01. The van der Waals surface area contributed by atoms with Crippen LogP contribution in [0.1, 0.15) is 11.1 Å². The number of carbonyl (C=O) groups is 1. The maximum atomic E-state index is 13.1. The number of nitriles is 1. The van der Waals surface area contributed by atoms with Crippen LogP contribution in [-0.2, 0) is 4.79 Å². The molecule has 0 aliphatic heterocycles.